The molecule has 1 aromatic rings. The third kappa shape index (κ3) is 1.86. The van der Waals surface area contributed by atoms with Gasteiger partial charge in [-0.15, -0.1) is 6.42 Å². The highest BCUT2D eigenvalue weighted by Crippen LogP contribution is 2.02. The molecule has 0 bridgehead atoms. The number of nitrogens with zero attached hydrogens (tertiary/aromatic N) is 1. The second-order valence-electron chi connectivity index (χ2n) is 2.02. The summed E-state index contributed by atoms with van der Waals surface area (Å²) < 4.78 is 1.38. The molecule has 0 aromatic carbocycles. The zero-order valence-corrected chi connectivity index (χ0v) is 6.51. The Hall–Kier alpha value is -1.20. The van der Waals surface area contributed by atoms with Gasteiger partial charge in [-0.3, -0.25) is 4.79 Å². The Balaban J connectivity index is 3.15. The summed E-state index contributed by atoms with van der Waals surface area (Å²) in [7, 11) is 0. The van der Waals surface area contributed by atoms with Gasteiger partial charge in [0, 0.05) is 12.3 Å². The first-order valence-electron chi connectivity index (χ1n) is 3.03. The molecule has 0 N–H and O–H groups in total. The summed E-state index contributed by atoms with van der Waals surface area (Å²) in [6.45, 7) is 0.263. The number of pyridine rings is 1. The van der Waals surface area contributed by atoms with Crippen molar-refractivity contribution < 1.29 is 0 Å². The molecule has 3 heteroatoms. The first-order chi connectivity index (χ1) is 5.24. The maximum Gasteiger partial charge on any atom is 0.251 e. The van der Waals surface area contributed by atoms with Crippen molar-refractivity contribution in [2.75, 3.05) is 0 Å². The van der Waals surface area contributed by atoms with E-state index in [4.69, 9.17) is 18.0 Å². The molecular weight excluding hydrogens is 162 g/mol. The molecule has 0 atom stereocenters. The van der Waals surface area contributed by atoms with E-state index in [-0.39, 0.29) is 12.1 Å². The van der Waals surface area contributed by atoms with E-state index in [1.165, 1.54) is 22.9 Å². The number of hydrogen-bond acceptors (Lipinski definition) is 1. The molecule has 0 saturated heterocycles. The van der Waals surface area contributed by atoms with Crippen molar-refractivity contribution in [2.24, 2.45) is 0 Å². The van der Waals surface area contributed by atoms with Gasteiger partial charge in [-0.1, -0.05) is 17.5 Å². The Kier molecular flexibility index (Phi) is 2.35. The van der Waals surface area contributed by atoms with Gasteiger partial charge in [0.15, 0.2) is 0 Å². The van der Waals surface area contributed by atoms with E-state index in [2.05, 4.69) is 5.92 Å². The van der Waals surface area contributed by atoms with Crippen molar-refractivity contribution in [3.05, 3.63) is 33.7 Å². The van der Waals surface area contributed by atoms with Crippen molar-refractivity contribution in [2.45, 2.75) is 6.54 Å². The quantitative estimate of drug-likeness (QED) is 0.575. The van der Waals surface area contributed by atoms with E-state index in [0.717, 1.165) is 0 Å². The molecule has 0 spiro atoms. The summed E-state index contributed by atoms with van der Waals surface area (Å²) in [6, 6.07) is 2.93. The molecule has 0 aliphatic heterocycles. The van der Waals surface area contributed by atoms with Crippen LogP contribution in [0.1, 0.15) is 0 Å². The molecule has 0 amide bonds. The molecule has 0 aliphatic carbocycles. The molecule has 0 fully saturated rings. The van der Waals surface area contributed by atoms with E-state index >= 15 is 0 Å². The molecule has 1 rings (SSSR count). The Labute approximate surface area is 69.4 Å². The van der Waals surface area contributed by atoms with Crippen molar-refractivity contribution in [1.29, 1.82) is 0 Å². The lowest BCUT2D eigenvalue weighted by molar-refractivity contribution is 0.797. The highest BCUT2D eigenvalue weighted by Gasteiger charge is 1.92. The molecule has 0 saturated carbocycles. The fourth-order valence-electron chi connectivity index (χ4n) is 0.724. The van der Waals surface area contributed by atoms with Crippen LogP contribution in [0.15, 0.2) is 23.1 Å². The van der Waals surface area contributed by atoms with Gasteiger partial charge in [0.05, 0.1) is 11.6 Å². The minimum atomic E-state index is -0.132. The first kappa shape index (κ1) is 7.90. The van der Waals surface area contributed by atoms with Crippen molar-refractivity contribution >= 4 is 11.6 Å². The minimum Gasteiger partial charge on any atom is -0.302 e. The SMILES string of the molecule is C#CCn1cc(Cl)ccc1=O. The van der Waals surface area contributed by atoms with Gasteiger partial charge in [0.1, 0.15) is 0 Å². The van der Waals surface area contributed by atoms with Gasteiger partial charge >= 0.3 is 0 Å². The van der Waals surface area contributed by atoms with Crippen LogP contribution in [0.5, 0.6) is 0 Å². The summed E-state index contributed by atoms with van der Waals surface area (Å²) in [4.78, 5) is 11.0. The predicted octanol–water partition coefficient (Wildman–Crippen LogP) is 1.13. The van der Waals surface area contributed by atoms with Gasteiger partial charge in [0.2, 0.25) is 0 Å². The van der Waals surface area contributed by atoms with E-state index in [0.29, 0.717) is 5.02 Å². The van der Waals surface area contributed by atoms with Crippen molar-refractivity contribution in [1.82, 2.24) is 4.57 Å². The van der Waals surface area contributed by atoms with Gasteiger partial charge in [-0.25, -0.2) is 0 Å². The molecular formula is C8H6ClNO. The number of hydrogen-bond donors (Lipinski definition) is 0. The Morgan fingerprint density at radius 1 is 1.64 bits per heavy atom. The molecule has 2 nitrogen and oxygen atoms in total. The predicted molar refractivity (Wildman–Crippen MR) is 44.5 cm³/mol. The summed E-state index contributed by atoms with van der Waals surface area (Å²) in [6.07, 6.45) is 6.54. The number of rotatable bonds is 1. The topological polar surface area (TPSA) is 22.0 Å². The molecule has 1 heterocycles. The fourth-order valence-corrected chi connectivity index (χ4v) is 0.905. The summed E-state index contributed by atoms with van der Waals surface area (Å²) in [5.41, 5.74) is -0.132. The summed E-state index contributed by atoms with van der Waals surface area (Å²) >= 11 is 5.62. The Bertz CT molecular complexity index is 348. The molecule has 11 heavy (non-hydrogen) atoms. The van der Waals surface area contributed by atoms with Crippen LogP contribution in [0.3, 0.4) is 0 Å². The second-order valence-corrected chi connectivity index (χ2v) is 2.45. The lowest BCUT2D eigenvalue weighted by Gasteiger charge is -1.98. The molecule has 0 aliphatic rings. The van der Waals surface area contributed by atoms with Crippen molar-refractivity contribution in [3.8, 4) is 12.3 Å². The van der Waals surface area contributed by atoms with Crippen LogP contribution in [0.25, 0.3) is 0 Å². The average Bonchev–Trinajstić information content (AvgIpc) is 1.98. The third-order valence-electron chi connectivity index (χ3n) is 1.21. The number of halogens is 1. The summed E-state index contributed by atoms with van der Waals surface area (Å²) in [5.74, 6) is 2.36. The first-order valence-corrected chi connectivity index (χ1v) is 3.41. The second kappa shape index (κ2) is 3.27. The zero-order chi connectivity index (χ0) is 8.27. The average molecular weight is 168 g/mol. The molecule has 1 aromatic heterocycles. The normalized spacial score (nSPS) is 9.09. The Morgan fingerprint density at radius 2 is 2.36 bits per heavy atom. The van der Waals surface area contributed by atoms with Gasteiger partial charge in [-0.2, -0.15) is 0 Å². The van der Waals surface area contributed by atoms with Crippen LogP contribution in [0.4, 0.5) is 0 Å². The lowest BCUT2D eigenvalue weighted by atomic mass is 10.4. The number of terminal acetylenes is 1. The monoisotopic (exact) mass is 167 g/mol. The zero-order valence-electron chi connectivity index (χ0n) is 5.75. The standard InChI is InChI=1S/C8H6ClNO/c1-2-5-10-6-7(9)3-4-8(10)11/h1,3-4,6H,5H2. The van der Waals surface area contributed by atoms with Gasteiger partial charge in [-0.05, 0) is 6.07 Å². The minimum absolute atomic E-state index is 0.132. The third-order valence-corrected chi connectivity index (χ3v) is 1.43. The van der Waals surface area contributed by atoms with Crippen LogP contribution < -0.4 is 5.56 Å². The maximum atomic E-state index is 11.0. The van der Waals surface area contributed by atoms with Crippen LogP contribution in [-0.2, 0) is 6.54 Å². The highest BCUT2D eigenvalue weighted by molar-refractivity contribution is 6.30. The molecule has 0 radical (unpaired) electrons. The van der Waals surface area contributed by atoms with Crippen LogP contribution >= 0.6 is 11.6 Å². The highest BCUT2D eigenvalue weighted by atomic mass is 35.5. The summed E-state index contributed by atoms with van der Waals surface area (Å²) in [5, 5.41) is 0.514. The van der Waals surface area contributed by atoms with E-state index in [1.807, 2.05) is 0 Å². The fraction of sp³-hybridized carbons (Fsp3) is 0.125. The van der Waals surface area contributed by atoms with Crippen molar-refractivity contribution in [3.63, 3.8) is 0 Å². The Morgan fingerprint density at radius 3 is 3.00 bits per heavy atom. The molecule has 0 unspecified atom stereocenters. The van der Waals surface area contributed by atoms with Gasteiger partial charge < -0.3 is 4.57 Å². The lowest BCUT2D eigenvalue weighted by Crippen LogP contribution is -2.17. The maximum absolute atomic E-state index is 11.0. The van der Waals surface area contributed by atoms with E-state index < -0.39 is 0 Å². The smallest absolute Gasteiger partial charge is 0.251 e. The largest absolute Gasteiger partial charge is 0.302 e. The van der Waals surface area contributed by atoms with Crippen LogP contribution in [-0.4, -0.2) is 4.57 Å². The van der Waals surface area contributed by atoms with Gasteiger partial charge in [0.25, 0.3) is 5.56 Å². The number of aromatic nitrogens is 1. The van der Waals surface area contributed by atoms with Crippen LogP contribution in [0, 0.1) is 12.3 Å². The van der Waals surface area contributed by atoms with E-state index in [9.17, 15) is 4.79 Å². The van der Waals surface area contributed by atoms with Crippen LogP contribution in [0.2, 0.25) is 5.02 Å². The molecule has 56 valence electrons. The van der Waals surface area contributed by atoms with E-state index in [1.54, 1.807) is 0 Å².